The summed E-state index contributed by atoms with van der Waals surface area (Å²) in [6, 6.07) is 9.25. The Balaban J connectivity index is 1.73. The average molecular weight is 372 g/mol. The summed E-state index contributed by atoms with van der Waals surface area (Å²) in [5.74, 6) is -0.404. The van der Waals surface area contributed by atoms with E-state index in [4.69, 9.17) is 4.74 Å². The molecule has 3 heterocycles. The maximum absolute atomic E-state index is 14.2. The summed E-state index contributed by atoms with van der Waals surface area (Å²) >= 11 is 0. The molecular weight excluding hydrogens is 354 g/mol. The number of carbonyl (C=O) groups is 1. The lowest BCUT2D eigenvalue weighted by Gasteiger charge is -2.25. The van der Waals surface area contributed by atoms with Crippen molar-refractivity contribution in [1.82, 2.24) is 14.6 Å². The molecule has 0 aliphatic carbocycles. The minimum atomic E-state index is -1.05. The van der Waals surface area contributed by atoms with Crippen LogP contribution in [0.15, 0.2) is 42.6 Å². The number of nitrogens with zero attached hydrogens (tertiary/aromatic N) is 4. The lowest BCUT2D eigenvalue weighted by Crippen LogP contribution is -2.25. The van der Waals surface area contributed by atoms with Crippen LogP contribution in [0.1, 0.15) is 35.4 Å². The van der Waals surface area contributed by atoms with Gasteiger partial charge in [-0.05, 0) is 36.8 Å². The van der Waals surface area contributed by atoms with E-state index in [1.807, 2.05) is 0 Å². The molecule has 1 aliphatic rings. The molecule has 3 aromatic rings. The van der Waals surface area contributed by atoms with Gasteiger partial charge in [0.15, 0.2) is 11.3 Å². The minimum Gasteiger partial charge on any atom is -0.461 e. The topological polar surface area (TPSA) is 59.7 Å². The lowest BCUT2D eigenvalue weighted by molar-refractivity contribution is 0.0516. The summed E-state index contributed by atoms with van der Waals surface area (Å²) in [6.45, 7) is 2.10. The number of halogens is 2. The fraction of sp³-hybridized carbons (Fsp3) is 0.316. The monoisotopic (exact) mass is 372 g/mol. The van der Waals surface area contributed by atoms with Gasteiger partial charge in [-0.15, -0.1) is 5.10 Å². The highest BCUT2D eigenvalue weighted by atomic mass is 19.1. The third-order valence-electron chi connectivity index (χ3n) is 4.61. The second-order valence-electron chi connectivity index (χ2n) is 6.38. The van der Waals surface area contributed by atoms with Crippen molar-refractivity contribution >= 4 is 17.4 Å². The molecule has 0 radical (unpaired) electrons. The number of imidazole rings is 1. The number of aromatic nitrogens is 3. The third-order valence-corrected chi connectivity index (χ3v) is 4.61. The van der Waals surface area contributed by atoms with Crippen molar-refractivity contribution in [3.8, 4) is 0 Å². The number of benzene rings is 1. The Kier molecular flexibility index (Phi) is 4.47. The summed E-state index contributed by atoms with van der Waals surface area (Å²) in [6.07, 6.45) is 0.594. The van der Waals surface area contributed by atoms with E-state index in [0.717, 1.165) is 0 Å². The van der Waals surface area contributed by atoms with Crippen molar-refractivity contribution < 1.29 is 18.3 Å². The zero-order valence-electron chi connectivity index (χ0n) is 14.7. The Bertz CT molecular complexity index is 991. The highest BCUT2D eigenvalue weighted by molar-refractivity contribution is 5.88. The number of anilines is 1. The molecule has 0 N–H and O–H groups in total. The fourth-order valence-electron chi connectivity index (χ4n) is 3.43. The van der Waals surface area contributed by atoms with Gasteiger partial charge in [0.1, 0.15) is 17.8 Å². The Labute approximate surface area is 154 Å². The van der Waals surface area contributed by atoms with Crippen molar-refractivity contribution in [2.24, 2.45) is 0 Å². The second kappa shape index (κ2) is 6.94. The van der Waals surface area contributed by atoms with Crippen LogP contribution in [0.5, 0.6) is 0 Å². The van der Waals surface area contributed by atoms with Crippen LogP contribution in [0.4, 0.5) is 14.6 Å². The first-order valence-corrected chi connectivity index (χ1v) is 8.75. The molecule has 4 rings (SSSR count). The molecule has 1 aliphatic heterocycles. The molecule has 0 saturated carbocycles. The lowest BCUT2D eigenvalue weighted by atomic mass is 10.0. The Morgan fingerprint density at radius 2 is 2.19 bits per heavy atom. The average Bonchev–Trinajstić information content (AvgIpc) is 3.25. The van der Waals surface area contributed by atoms with Crippen molar-refractivity contribution in [2.75, 3.05) is 18.1 Å². The first kappa shape index (κ1) is 17.4. The van der Waals surface area contributed by atoms with E-state index in [1.165, 1.54) is 22.8 Å². The molecule has 0 bridgehead atoms. The van der Waals surface area contributed by atoms with Crippen molar-refractivity contribution in [1.29, 1.82) is 0 Å². The van der Waals surface area contributed by atoms with Crippen LogP contribution in [0.3, 0.4) is 0 Å². The van der Waals surface area contributed by atoms with Gasteiger partial charge in [-0.1, -0.05) is 12.1 Å². The molecule has 6 nitrogen and oxygen atoms in total. The quantitative estimate of drug-likeness (QED) is 0.658. The summed E-state index contributed by atoms with van der Waals surface area (Å²) in [4.78, 5) is 18.0. The minimum absolute atomic E-state index is 0.142. The second-order valence-corrected chi connectivity index (χ2v) is 6.38. The van der Waals surface area contributed by atoms with E-state index in [0.29, 0.717) is 17.0 Å². The predicted molar refractivity (Wildman–Crippen MR) is 94.9 cm³/mol. The number of ether oxygens (including phenoxy) is 1. The summed E-state index contributed by atoms with van der Waals surface area (Å²) in [5.41, 5.74) is 1.38. The number of hydrogen-bond donors (Lipinski definition) is 0. The van der Waals surface area contributed by atoms with E-state index >= 15 is 0 Å². The van der Waals surface area contributed by atoms with Crippen molar-refractivity contribution in [2.45, 2.75) is 25.6 Å². The predicted octanol–water partition coefficient (Wildman–Crippen LogP) is 3.33. The first-order chi connectivity index (χ1) is 13.1. The Hall–Kier alpha value is -3.03. The number of carbonyl (C=O) groups excluding carboxylic acids is 1. The van der Waals surface area contributed by atoms with Crippen LogP contribution < -0.4 is 4.90 Å². The Morgan fingerprint density at radius 1 is 1.33 bits per heavy atom. The van der Waals surface area contributed by atoms with Crippen LogP contribution in [0.2, 0.25) is 0 Å². The van der Waals surface area contributed by atoms with Crippen LogP contribution in [0, 0.1) is 5.82 Å². The van der Waals surface area contributed by atoms with Gasteiger partial charge in [0.05, 0.1) is 25.4 Å². The number of rotatable bonds is 4. The maximum atomic E-state index is 14.2. The van der Waals surface area contributed by atoms with Crippen LogP contribution in [-0.4, -0.2) is 39.9 Å². The molecular formula is C19H18F2N4O2. The highest BCUT2D eigenvalue weighted by Gasteiger charge is 2.34. The maximum Gasteiger partial charge on any atom is 0.358 e. The molecule has 0 amide bonds. The molecule has 2 unspecified atom stereocenters. The number of fused-ring (bicyclic) bond motifs is 1. The molecule has 8 heteroatoms. The van der Waals surface area contributed by atoms with Crippen LogP contribution in [-0.2, 0) is 4.74 Å². The van der Waals surface area contributed by atoms with Gasteiger partial charge in [0.25, 0.3) is 0 Å². The zero-order valence-corrected chi connectivity index (χ0v) is 14.7. The highest BCUT2D eigenvalue weighted by Crippen LogP contribution is 2.36. The van der Waals surface area contributed by atoms with Gasteiger partial charge in [0, 0.05) is 6.42 Å². The van der Waals surface area contributed by atoms with E-state index in [-0.39, 0.29) is 37.1 Å². The SMILES string of the molecule is CCOC(=O)c1cnc2ccc(N3CC(F)CC3c3cccc(F)c3)nn12. The standard InChI is InChI=1S/C19H18F2N4O2/c1-2-27-19(26)16-10-22-17-6-7-18(23-25(16)17)24-11-14(21)9-15(24)12-4-3-5-13(20)8-12/h3-8,10,14-15H,2,9,11H2,1H3. The summed E-state index contributed by atoms with van der Waals surface area (Å²) in [7, 11) is 0. The molecule has 140 valence electrons. The van der Waals surface area contributed by atoms with Gasteiger partial charge < -0.3 is 9.64 Å². The summed E-state index contributed by atoms with van der Waals surface area (Å²) < 4.78 is 34.3. The number of alkyl halides is 1. The molecule has 1 saturated heterocycles. The largest absolute Gasteiger partial charge is 0.461 e. The van der Waals surface area contributed by atoms with Gasteiger partial charge in [0.2, 0.25) is 0 Å². The summed E-state index contributed by atoms with van der Waals surface area (Å²) in [5, 5.41) is 4.47. The van der Waals surface area contributed by atoms with Crippen LogP contribution in [0.25, 0.3) is 5.65 Å². The van der Waals surface area contributed by atoms with E-state index < -0.39 is 12.1 Å². The smallest absolute Gasteiger partial charge is 0.358 e. The number of hydrogen-bond acceptors (Lipinski definition) is 5. The van der Waals surface area contributed by atoms with Gasteiger partial charge in [-0.3, -0.25) is 0 Å². The first-order valence-electron chi connectivity index (χ1n) is 8.75. The Morgan fingerprint density at radius 3 is 2.96 bits per heavy atom. The normalized spacial score (nSPS) is 19.6. The molecule has 2 aromatic heterocycles. The van der Waals surface area contributed by atoms with E-state index in [9.17, 15) is 13.6 Å². The number of esters is 1. The van der Waals surface area contributed by atoms with Crippen LogP contribution >= 0.6 is 0 Å². The molecule has 27 heavy (non-hydrogen) atoms. The molecule has 0 spiro atoms. The van der Waals surface area contributed by atoms with E-state index in [1.54, 1.807) is 36.1 Å². The van der Waals surface area contributed by atoms with Crippen molar-refractivity contribution in [3.05, 3.63) is 59.7 Å². The third kappa shape index (κ3) is 3.22. The van der Waals surface area contributed by atoms with Gasteiger partial charge in [-0.25, -0.2) is 23.1 Å². The van der Waals surface area contributed by atoms with Crippen molar-refractivity contribution in [3.63, 3.8) is 0 Å². The fourth-order valence-corrected chi connectivity index (χ4v) is 3.43. The van der Waals surface area contributed by atoms with E-state index in [2.05, 4.69) is 10.1 Å². The molecule has 1 fully saturated rings. The molecule has 2 atom stereocenters. The van der Waals surface area contributed by atoms with Gasteiger partial charge >= 0.3 is 5.97 Å². The zero-order chi connectivity index (χ0) is 19.0. The van der Waals surface area contributed by atoms with Gasteiger partial charge in [-0.2, -0.15) is 0 Å². The molecule has 1 aromatic carbocycles.